The first-order valence-electron chi connectivity index (χ1n) is 37.6. The second kappa shape index (κ2) is 68.8. The van der Waals surface area contributed by atoms with Crippen molar-refractivity contribution >= 4 is 13.7 Å². The van der Waals surface area contributed by atoms with Gasteiger partial charge >= 0.3 is 0 Å². The van der Waals surface area contributed by atoms with Crippen LogP contribution in [0.3, 0.4) is 0 Å². The van der Waals surface area contributed by atoms with Gasteiger partial charge in [-0.2, -0.15) is 0 Å². The quantitative estimate of drug-likeness (QED) is 0.0272. The number of phosphoric ester groups is 1. The van der Waals surface area contributed by atoms with Crippen molar-refractivity contribution in [1.29, 1.82) is 0 Å². The second-order valence-electron chi connectivity index (χ2n) is 26.6. The Morgan fingerprint density at radius 2 is 0.705 bits per heavy atom. The van der Waals surface area contributed by atoms with Crippen molar-refractivity contribution < 1.29 is 32.9 Å². The number of nitrogens with zero attached hydrogens (tertiary/aromatic N) is 1. The number of amides is 1. The predicted octanol–water partition coefficient (Wildman–Crippen LogP) is 23.8. The highest BCUT2D eigenvalue weighted by atomic mass is 31.2. The van der Waals surface area contributed by atoms with E-state index >= 15 is 0 Å². The first-order valence-corrected chi connectivity index (χ1v) is 39.1. The Labute approximate surface area is 547 Å². The Morgan fingerprint density at radius 1 is 0.409 bits per heavy atom. The number of phosphoric acid groups is 1. The number of quaternary nitrogens is 1. The summed E-state index contributed by atoms with van der Waals surface area (Å²) in [5.41, 5.74) is 0. The summed E-state index contributed by atoms with van der Waals surface area (Å²) in [6.45, 7) is 4.55. The molecule has 0 bridgehead atoms. The number of likely N-dealkylation sites (N-methyl/N-ethyl adjacent to an activating group) is 1. The number of rotatable bonds is 69. The molecular weight excluding hydrogens is 1100 g/mol. The first-order chi connectivity index (χ1) is 43.0. The number of hydrogen-bond acceptors (Lipinski definition) is 6. The molecule has 0 aromatic rings. The van der Waals surface area contributed by atoms with Gasteiger partial charge in [0.25, 0.3) is 7.82 Å². The summed E-state index contributed by atoms with van der Waals surface area (Å²) < 4.78 is 23.5. The molecule has 0 saturated carbocycles. The zero-order valence-electron chi connectivity index (χ0n) is 58.7. The van der Waals surface area contributed by atoms with E-state index in [9.17, 15) is 19.4 Å². The van der Waals surface area contributed by atoms with Gasteiger partial charge in [-0.05, 0) is 83.5 Å². The maximum atomic E-state index is 13.1. The Hall–Kier alpha value is -2.58. The molecule has 9 heteroatoms. The molecule has 0 aliphatic rings. The Kier molecular flexibility index (Phi) is 66.8. The van der Waals surface area contributed by atoms with Gasteiger partial charge < -0.3 is 28.8 Å². The average Bonchev–Trinajstić information content (AvgIpc) is 3.64. The minimum Gasteiger partial charge on any atom is -0.756 e. The van der Waals surface area contributed by atoms with Crippen molar-refractivity contribution in [2.45, 2.75) is 360 Å². The first kappa shape index (κ1) is 85.4. The zero-order chi connectivity index (χ0) is 64.1. The maximum absolute atomic E-state index is 13.1. The molecular formula is C79H145N2O6P. The van der Waals surface area contributed by atoms with Crippen LogP contribution < -0.4 is 10.2 Å². The van der Waals surface area contributed by atoms with Crippen LogP contribution >= 0.6 is 7.82 Å². The maximum Gasteiger partial charge on any atom is 0.268 e. The number of carbonyl (C=O) groups is 1. The van der Waals surface area contributed by atoms with Gasteiger partial charge in [-0.1, -0.05) is 355 Å². The fourth-order valence-electron chi connectivity index (χ4n) is 11.0. The predicted molar refractivity (Wildman–Crippen MR) is 385 cm³/mol. The minimum absolute atomic E-state index is 0.00850. The number of hydrogen-bond donors (Lipinski definition) is 2. The van der Waals surface area contributed by atoms with E-state index in [1.165, 1.54) is 250 Å². The average molecular weight is 1250 g/mol. The molecule has 0 aliphatic heterocycles. The Bertz CT molecular complexity index is 1760. The molecule has 0 heterocycles. The number of nitrogens with one attached hydrogen (secondary N) is 1. The summed E-state index contributed by atoms with van der Waals surface area (Å²) in [7, 11) is 1.25. The molecule has 2 N–H and O–H groups in total. The molecule has 88 heavy (non-hydrogen) atoms. The second-order valence-corrected chi connectivity index (χ2v) is 28.0. The molecule has 8 nitrogen and oxygen atoms in total. The molecule has 0 spiro atoms. The highest BCUT2D eigenvalue weighted by Gasteiger charge is 2.23. The van der Waals surface area contributed by atoms with E-state index in [-0.39, 0.29) is 12.5 Å². The minimum atomic E-state index is -4.62. The van der Waals surface area contributed by atoms with Gasteiger partial charge in [0.15, 0.2) is 0 Å². The van der Waals surface area contributed by atoms with Crippen LogP contribution in [0.2, 0.25) is 0 Å². The van der Waals surface area contributed by atoms with Crippen LogP contribution in [0.15, 0.2) is 97.2 Å². The normalized spacial score (nSPS) is 14.1. The van der Waals surface area contributed by atoms with Crippen LogP contribution in [0.1, 0.15) is 348 Å². The number of aliphatic hydroxyl groups excluding tert-OH is 1. The lowest BCUT2D eigenvalue weighted by atomic mass is 10.0. The zero-order valence-corrected chi connectivity index (χ0v) is 59.6. The highest BCUT2D eigenvalue weighted by molar-refractivity contribution is 7.45. The lowest BCUT2D eigenvalue weighted by molar-refractivity contribution is -0.870. The van der Waals surface area contributed by atoms with Crippen molar-refractivity contribution in [2.75, 3.05) is 40.9 Å². The summed E-state index contributed by atoms with van der Waals surface area (Å²) in [5.74, 6) is -0.205. The number of carbonyl (C=O) groups excluding carboxylic acids is 1. The Morgan fingerprint density at radius 3 is 1.06 bits per heavy atom. The van der Waals surface area contributed by atoms with Crippen LogP contribution in [0.25, 0.3) is 0 Å². The van der Waals surface area contributed by atoms with Gasteiger partial charge in [-0.25, -0.2) is 0 Å². The molecule has 3 unspecified atom stereocenters. The lowest BCUT2D eigenvalue weighted by Crippen LogP contribution is -2.45. The van der Waals surface area contributed by atoms with Crippen molar-refractivity contribution in [2.24, 2.45) is 0 Å². The van der Waals surface area contributed by atoms with Gasteiger partial charge in [0, 0.05) is 6.42 Å². The summed E-state index contributed by atoms with van der Waals surface area (Å²) in [4.78, 5) is 25.7. The van der Waals surface area contributed by atoms with E-state index in [1.54, 1.807) is 6.08 Å². The van der Waals surface area contributed by atoms with E-state index in [1.807, 2.05) is 27.2 Å². The molecule has 3 atom stereocenters. The molecule has 0 aliphatic carbocycles. The summed E-state index contributed by atoms with van der Waals surface area (Å²) >= 11 is 0. The summed E-state index contributed by atoms with van der Waals surface area (Å²) in [6, 6.07) is -0.910. The molecule has 512 valence electrons. The van der Waals surface area contributed by atoms with Crippen LogP contribution in [-0.2, 0) is 18.4 Å². The van der Waals surface area contributed by atoms with E-state index in [4.69, 9.17) is 9.05 Å². The third kappa shape index (κ3) is 70.9. The fraction of sp³-hybridized carbons (Fsp3) is 0.785. The van der Waals surface area contributed by atoms with Gasteiger partial charge in [0.1, 0.15) is 13.2 Å². The van der Waals surface area contributed by atoms with Crippen molar-refractivity contribution in [1.82, 2.24) is 5.32 Å². The molecule has 0 aromatic heterocycles. The Balaban J connectivity index is 4.06. The smallest absolute Gasteiger partial charge is 0.268 e. The van der Waals surface area contributed by atoms with Crippen LogP contribution in [0.5, 0.6) is 0 Å². The summed E-state index contributed by atoms with van der Waals surface area (Å²) in [6.07, 6.45) is 99.8. The van der Waals surface area contributed by atoms with Gasteiger partial charge in [-0.3, -0.25) is 9.36 Å². The van der Waals surface area contributed by atoms with E-state index in [2.05, 4.69) is 104 Å². The number of allylic oxidation sites excluding steroid dienone is 15. The van der Waals surface area contributed by atoms with Crippen molar-refractivity contribution in [3.63, 3.8) is 0 Å². The third-order valence-electron chi connectivity index (χ3n) is 16.8. The van der Waals surface area contributed by atoms with Gasteiger partial charge in [-0.15, -0.1) is 0 Å². The standard InChI is InChI=1S/C79H145N2O6P/c1-6-8-10-12-14-16-18-20-22-24-26-28-30-32-34-36-38-39-40-41-43-45-47-49-51-53-55-57-59-61-63-65-67-69-71-73-79(83)80-77(76-87-88(84,85)86-75-74-81(3,4)5)78(82)72-70-68-66-64-62-60-58-56-54-52-50-48-46-44-42-37-35-33-31-29-27-25-23-21-19-17-15-13-11-9-7-2/h8,10,14,16,20,22,26,28,32,34,38-39,62,64,70,72,77-78,82H,6-7,9,11-13,15,17-19,21,23-25,27,29-31,33,35-37,40-61,63,65-69,71,73-76H2,1-5H3,(H-,80,83,84,85)/b10-8-,16-14-,22-20-,28-26-,34-32-,39-38-,64-62+,72-70+. The van der Waals surface area contributed by atoms with Crippen molar-refractivity contribution in [3.05, 3.63) is 97.2 Å². The van der Waals surface area contributed by atoms with Gasteiger partial charge in [0.05, 0.1) is 39.9 Å². The topological polar surface area (TPSA) is 108 Å². The molecule has 1 amide bonds. The number of aliphatic hydroxyl groups is 1. The molecule has 0 aromatic carbocycles. The molecule has 0 radical (unpaired) electrons. The molecule has 0 saturated heterocycles. The van der Waals surface area contributed by atoms with E-state index in [0.29, 0.717) is 17.4 Å². The van der Waals surface area contributed by atoms with Crippen molar-refractivity contribution in [3.8, 4) is 0 Å². The van der Waals surface area contributed by atoms with E-state index in [0.717, 1.165) is 77.0 Å². The largest absolute Gasteiger partial charge is 0.756 e. The number of unbranched alkanes of at least 4 members (excludes halogenated alkanes) is 42. The van der Waals surface area contributed by atoms with Gasteiger partial charge in [0.2, 0.25) is 5.91 Å². The van der Waals surface area contributed by atoms with Crippen LogP contribution in [0, 0.1) is 0 Å². The highest BCUT2D eigenvalue weighted by Crippen LogP contribution is 2.38. The fourth-order valence-corrected chi connectivity index (χ4v) is 11.7. The van der Waals surface area contributed by atoms with Crippen LogP contribution in [0.4, 0.5) is 0 Å². The third-order valence-corrected chi connectivity index (χ3v) is 17.7. The molecule has 0 fully saturated rings. The lowest BCUT2D eigenvalue weighted by Gasteiger charge is -2.29. The van der Waals surface area contributed by atoms with E-state index < -0.39 is 26.6 Å². The molecule has 0 rings (SSSR count). The summed E-state index contributed by atoms with van der Waals surface area (Å²) in [5, 5.41) is 14.0. The monoisotopic (exact) mass is 1250 g/mol. The SMILES string of the molecule is CC/C=C\C/C=C\C/C=C\C/C=C\C/C=C\C/C=C\CCCCCCCCCCCCCCCCCCC(=O)NC(COP(=O)([O-])OCC[N+](C)(C)C)C(O)/C=C/CC/C=C/CCCCCCCCCCCCCCCCCCCCCCCCCCC. The van der Waals surface area contributed by atoms with Crippen LogP contribution in [-0.4, -0.2) is 68.5 Å².